The Bertz CT molecular complexity index is 1420. The highest BCUT2D eigenvalue weighted by Gasteiger charge is 2.36. The van der Waals surface area contributed by atoms with Gasteiger partial charge in [-0.3, -0.25) is 4.79 Å². The molecule has 3 aromatic rings. The predicted octanol–water partition coefficient (Wildman–Crippen LogP) is 2.25. The summed E-state index contributed by atoms with van der Waals surface area (Å²) in [6.45, 7) is 1.94. The van der Waals surface area contributed by atoms with Gasteiger partial charge < -0.3 is 13.9 Å². The van der Waals surface area contributed by atoms with Crippen LogP contribution >= 0.6 is 0 Å². The van der Waals surface area contributed by atoms with E-state index in [1.165, 1.54) is 26.2 Å². The molecule has 1 fully saturated rings. The van der Waals surface area contributed by atoms with Gasteiger partial charge in [0.05, 0.1) is 4.90 Å². The number of rotatable bonds is 4. The Morgan fingerprint density at radius 3 is 2.58 bits per heavy atom. The van der Waals surface area contributed by atoms with E-state index in [1.807, 2.05) is 15.5 Å². The fraction of sp³-hybridized carbons (Fsp3) is 0.348. The molecule has 2 atom stereocenters. The number of nitrogens with zero attached hydrogens (tertiary/aromatic N) is 5. The van der Waals surface area contributed by atoms with Crippen LogP contribution in [0.4, 0.5) is 5.88 Å². The zero-order valence-electron chi connectivity index (χ0n) is 18.3. The number of anilines is 1. The number of nitriles is 1. The number of sulfonamides is 1. The van der Waals surface area contributed by atoms with Gasteiger partial charge in [0.15, 0.2) is 0 Å². The second-order valence-electron chi connectivity index (χ2n) is 8.70. The molecule has 0 radical (unpaired) electrons. The van der Waals surface area contributed by atoms with Crippen molar-refractivity contribution in [2.75, 3.05) is 32.1 Å². The first-order valence-corrected chi connectivity index (χ1v) is 12.1. The minimum Gasteiger partial charge on any atom is -0.419 e. The Balaban J connectivity index is 1.45. The maximum absolute atomic E-state index is 12.3. The van der Waals surface area contributed by atoms with Crippen LogP contribution in [0.5, 0.6) is 0 Å². The minimum absolute atomic E-state index is 0.0232. The number of hydrogen-bond donors (Lipinski definition) is 0. The maximum Gasteiger partial charge on any atom is 0.250 e. The molecule has 0 spiro atoms. The first-order chi connectivity index (χ1) is 15.8. The summed E-state index contributed by atoms with van der Waals surface area (Å²) in [6.07, 6.45) is 0.991. The van der Waals surface area contributed by atoms with Crippen molar-refractivity contribution >= 4 is 15.9 Å². The smallest absolute Gasteiger partial charge is 0.250 e. The Morgan fingerprint density at radius 1 is 1.12 bits per heavy atom. The summed E-state index contributed by atoms with van der Waals surface area (Å²) >= 11 is 0. The number of pyridine rings is 1. The summed E-state index contributed by atoms with van der Waals surface area (Å²) in [6, 6.07) is 13.8. The lowest BCUT2D eigenvalue weighted by Gasteiger charge is -2.42. The monoisotopic (exact) mass is 465 g/mol. The first kappa shape index (κ1) is 21.4. The molecule has 0 saturated carbocycles. The van der Waals surface area contributed by atoms with Crippen LogP contribution in [0.2, 0.25) is 0 Å². The topological polar surface area (TPSA) is 112 Å². The molecule has 4 heterocycles. The summed E-state index contributed by atoms with van der Waals surface area (Å²) < 4.78 is 33.7. The molecule has 170 valence electrons. The molecular weight excluding hydrogens is 442 g/mol. The van der Waals surface area contributed by atoms with Gasteiger partial charge >= 0.3 is 0 Å². The van der Waals surface area contributed by atoms with Gasteiger partial charge in [-0.05, 0) is 42.7 Å². The second-order valence-corrected chi connectivity index (χ2v) is 10.9. The molecule has 2 aliphatic heterocycles. The maximum atomic E-state index is 12.3. The molecule has 1 saturated heterocycles. The number of piperidine rings is 1. The molecule has 2 aromatic heterocycles. The molecule has 2 bridgehead atoms. The molecule has 1 aromatic carbocycles. The summed E-state index contributed by atoms with van der Waals surface area (Å²) in [5.74, 6) is 1.12. The Hall–Kier alpha value is -3.42. The third-order valence-electron chi connectivity index (χ3n) is 6.36. The van der Waals surface area contributed by atoms with E-state index < -0.39 is 10.0 Å². The largest absolute Gasteiger partial charge is 0.419 e. The standard InChI is InChI=1S/C23H23N5O4S/c1-26(2)33(30,31)18-8-6-16(7-9-18)22-25-19(11-24)23(32-22)27-12-15-10-17(14-27)20-4-3-5-21(29)28(20)13-15/h3-9,15,17H,10,12-14H2,1-2H3/t15-,17+/m1/s1. The Kier molecular flexibility index (Phi) is 5.11. The van der Waals surface area contributed by atoms with E-state index >= 15 is 0 Å². The van der Waals surface area contributed by atoms with Crippen LogP contribution in [-0.2, 0) is 16.6 Å². The van der Waals surface area contributed by atoms with Crippen LogP contribution in [0.25, 0.3) is 11.5 Å². The lowest BCUT2D eigenvalue weighted by molar-refractivity contribution is 0.275. The van der Waals surface area contributed by atoms with Crippen LogP contribution in [-0.4, -0.2) is 49.5 Å². The van der Waals surface area contributed by atoms with Crippen molar-refractivity contribution in [2.24, 2.45) is 5.92 Å². The lowest BCUT2D eigenvalue weighted by atomic mass is 9.83. The highest BCUT2D eigenvalue weighted by molar-refractivity contribution is 7.89. The van der Waals surface area contributed by atoms with Crippen molar-refractivity contribution in [3.63, 3.8) is 0 Å². The highest BCUT2D eigenvalue weighted by Crippen LogP contribution is 2.39. The van der Waals surface area contributed by atoms with Crippen LogP contribution in [0.1, 0.15) is 23.7 Å². The van der Waals surface area contributed by atoms with E-state index in [2.05, 4.69) is 11.1 Å². The summed E-state index contributed by atoms with van der Waals surface area (Å²) in [5.41, 5.74) is 1.82. The van der Waals surface area contributed by atoms with Crippen LogP contribution in [0.15, 0.2) is 56.6 Å². The van der Waals surface area contributed by atoms with Crippen LogP contribution in [0.3, 0.4) is 0 Å². The average Bonchev–Trinajstić information content (AvgIpc) is 3.24. The van der Waals surface area contributed by atoms with Gasteiger partial charge in [-0.1, -0.05) is 6.07 Å². The summed E-state index contributed by atoms with van der Waals surface area (Å²) in [7, 11) is -0.584. The zero-order chi connectivity index (χ0) is 23.3. The molecule has 0 aliphatic carbocycles. The molecular formula is C23H23N5O4S. The summed E-state index contributed by atoms with van der Waals surface area (Å²) in [4.78, 5) is 18.8. The average molecular weight is 466 g/mol. The molecule has 10 heteroatoms. The predicted molar refractivity (Wildman–Crippen MR) is 121 cm³/mol. The van der Waals surface area contributed by atoms with E-state index in [1.54, 1.807) is 24.3 Å². The van der Waals surface area contributed by atoms with Crippen molar-refractivity contribution in [1.82, 2.24) is 13.9 Å². The molecule has 9 nitrogen and oxygen atoms in total. The third kappa shape index (κ3) is 3.63. The van der Waals surface area contributed by atoms with Gasteiger partial charge in [-0.15, -0.1) is 0 Å². The summed E-state index contributed by atoms with van der Waals surface area (Å²) in [5, 5.41) is 9.69. The molecule has 0 unspecified atom stereocenters. The molecule has 5 rings (SSSR count). The number of hydrogen-bond acceptors (Lipinski definition) is 7. The Labute approximate surface area is 191 Å². The first-order valence-electron chi connectivity index (χ1n) is 10.7. The third-order valence-corrected chi connectivity index (χ3v) is 8.19. The molecule has 2 aliphatic rings. The van der Waals surface area contributed by atoms with E-state index in [4.69, 9.17) is 4.42 Å². The minimum atomic E-state index is -3.54. The van der Waals surface area contributed by atoms with Gasteiger partial charge in [0.1, 0.15) is 6.07 Å². The Morgan fingerprint density at radius 2 is 1.88 bits per heavy atom. The fourth-order valence-corrected chi connectivity index (χ4v) is 5.67. The van der Waals surface area contributed by atoms with E-state index in [-0.39, 0.29) is 33.9 Å². The number of fused-ring (bicyclic) bond motifs is 4. The van der Waals surface area contributed by atoms with E-state index in [0.29, 0.717) is 31.1 Å². The van der Waals surface area contributed by atoms with Gasteiger partial charge in [-0.25, -0.2) is 12.7 Å². The molecule has 0 N–H and O–H groups in total. The van der Waals surface area contributed by atoms with Crippen LogP contribution in [0, 0.1) is 17.2 Å². The van der Waals surface area contributed by atoms with Gasteiger partial charge in [0.25, 0.3) is 5.56 Å². The number of benzene rings is 1. The van der Waals surface area contributed by atoms with Crippen LogP contribution < -0.4 is 10.5 Å². The van der Waals surface area contributed by atoms with E-state index in [9.17, 15) is 18.5 Å². The SMILES string of the molecule is CN(C)S(=O)(=O)c1ccc(-c2nc(C#N)c(N3C[C@H]4C[C@@H](C3)c3cccc(=O)n3C4)o2)cc1. The molecule has 0 amide bonds. The lowest BCUT2D eigenvalue weighted by Crippen LogP contribution is -2.47. The van der Waals surface area contributed by atoms with Crippen molar-refractivity contribution in [3.05, 3.63) is 64.2 Å². The van der Waals surface area contributed by atoms with E-state index in [0.717, 1.165) is 16.4 Å². The van der Waals surface area contributed by atoms with Crippen molar-refractivity contribution in [3.8, 4) is 17.5 Å². The van der Waals surface area contributed by atoms with Gasteiger partial charge in [0.2, 0.25) is 27.5 Å². The number of aromatic nitrogens is 2. The van der Waals surface area contributed by atoms with Gasteiger partial charge in [-0.2, -0.15) is 10.2 Å². The zero-order valence-corrected chi connectivity index (χ0v) is 19.1. The second kappa shape index (κ2) is 7.86. The highest BCUT2D eigenvalue weighted by atomic mass is 32.2. The van der Waals surface area contributed by atoms with Gasteiger partial charge in [0, 0.05) is 57.0 Å². The van der Waals surface area contributed by atoms with Crippen molar-refractivity contribution in [2.45, 2.75) is 23.8 Å². The van der Waals surface area contributed by atoms with Crippen molar-refractivity contribution < 1.29 is 12.8 Å². The molecule has 33 heavy (non-hydrogen) atoms. The quantitative estimate of drug-likeness (QED) is 0.581. The fourth-order valence-electron chi connectivity index (χ4n) is 4.77. The normalized spacial score (nSPS) is 19.9. The number of oxazole rings is 1. The van der Waals surface area contributed by atoms with Crippen molar-refractivity contribution in [1.29, 1.82) is 5.26 Å².